The molecule has 1 atom stereocenters. The van der Waals surface area contributed by atoms with Gasteiger partial charge in [0.2, 0.25) is 4.77 Å². The molecule has 0 fully saturated rings. The molecule has 148 valence electrons. The molecule has 7 nitrogen and oxygen atoms in total. The number of nitrogens with zero attached hydrogens (tertiary/aromatic N) is 4. The zero-order valence-electron chi connectivity index (χ0n) is 17.0. The van der Waals surface area contributed by atoms with Crippen molar-refractivity contribution in [2.45, 2.75) is 59.2 Å². The van der Waals surface area contributed by atoms with Crippen LogP contribution in [0.15, 0.2) is 24.3 Å². The van der Waals surface area contributed by atoms with Crippen LogP contribution in [0.2, 0.25) is 0 Å². The second kappa shape index (κ2) is 9.23. The third-order valence-electron chi connectivity index (χ3n) is 4.04. The number of hydrogen-bond acceptors (Lipinski definition) is 4. The number of hydrogen-bond donors (Lipinski definition) is 2. The van der Waals surface area contributed by atoms with Crippen molar-refractivity contribution >= 4 is 18.1 Å². The fraction of sp³-hybridized carbons (Fsp3) is 0.579. The largest absolute Gasteiger partial charge is 0.347 e. The van der Waals surface area contributed by atoms with Crippen LogP contribution in [0.1, 0.15) is 46.1 Å². The molecule has 0 aliphatic rings. The summed E-state index contributed by atoms with van der Waals surface area (Å²) in [4.78, 5) is 13.1. The summed E-state index contributed by atoms with van der Waals surface area (Å²) in [5, 5.41) is 11.3. The van der Waals surface area contributed by atoms with Gasteiger partial charge in [0.1, 0.15) is 0 Å². The summed E-state index contributed by atoms with van der Waals surface area (Å²) in [5.74, 6) is 0.00146. The summed E-state index contributed by atoms with van der Waals surface area (Å²) in [6.07, 6.45) is 3.46. The van der Waals surface area contributed by atoms with Crippen molar-refractivity contribution in [2.75, 3.05) is 13.6 Å². The molecule has 0 saturated heterocycles. The van der Waals surface area contributed by atoms with Crippen molar-refractivity contribution < 1.29 is 9.69 Å². The van der Waals surface area contributed by atoms with Crippen molar-refractivity contribution in [3.63, 3.8) is 0 Å². The SMILES string of the molecule is CCCCc1ccc(-n2nnn(C[NH+](C)CC(=O)NC(C)(C)C)c2=S)cc1. The molecule has 8 heteroatoms. The normalized spacial score (nSPS) is 12.8. The minimum Gasteiger partial charge on any atom is -0.347 e. The van der Waals surface area contributed by atoms with Crippen LogP contribution >= 0.6 is 12.2 Å². The number of carbonyl (C=O) groups excluding carboxylic acids is 1. The molecule has 1 aromatic carbocycles. The Bertz CT molecular complexity index is 803. The lowest BCUT2D eigenvalue weighted by Gasteiger charge is -2.21. The Kier molecular flexibility index (Phi) is 7.26. The molecule has 2 aromatic rings. The van der Waals surface area contributed by atoms with Gasteiger partial charge >= 0.3 is 0 Å². The first-order chi connectivity index (χ1) is 12.7. The molecular formula is C19H31N6OS+. The van der Waals surface area contributed by atoms with E-state index < -0.39 is 0 Å². The summed E-state index contributed by atoms with van der Waals surface area (Å²) in [5.41, 5.74) is 1.98. The van der Waals surface area contributed by atoms with Crippen molar-refractivity contribution in [1.82, 2.24) is 25.1 Å². The fourth-order valence-corrected chi connectivity index (χ4v) is 3.01. The van der Waals surface area contributed by atoms with E-state index in [0.29, 0.717) is 18.0 Å². The molecule has 27 heavy (non-hydrogen) atoms. The number of aryl methyl sites for hydroxylation is 1. The molecule has 0 bridgehead atoms. The standard InChI is InChI=1S/C19H30N6OS/c1-6-7-8-15-9-11-16(12-10-15)25-18(27)24(21-22-25)14-23(5)13-17(26)20-19(2,3)4/h9-12H,6-8,13-14H2,1-5H3,(H,20,26)/p+1. The number of nitrogens with one attached hydrogen (secondary N) is 2. The van der Waals surface area contributed by atoms with Crippen molar-refractivity contribution in [3.05, 3.63) is 34.6 Å². The lowest BCUT2D eigenvalue weighted by Crippen LogP contribution is -3.09. The molecule has 2 rings (SSSR count). The van der Waals surface area contributed by atoms with E-state index in [4.69, 9.17) is 12.2 Å². The summed E-state index contributed by atoms with van der Waals surface area (Å²) < 4.78 is 3.83. The highest BCUT2D eigenvalue weighted by Gasteiger charge is 2.18. The predicted octanol–water partition coefficient (Wildman–Crippen LogP) is 1.53. The molecule has 2 N–H and O–H groups in total. The van der Waals surface area contributed by atoms with Gasteiger partial charge in [0.05, 0.1) is 12.7 Å². The van der Waals surface area contributed by atoms with Gasteiger partial charge in [-0.05, 0) is 74.0 Å². The van der Waals surface area contributed by atoms with Gasteiger partial charge in [-0.15, -0.1) is 0 Å². The zero-order valence-corrected chi connectivity index (χ0v) is 17.8. The predicted molar refractivity (Wildman–Crippen MR) is 108 cm³/mol. The summed E-state index contributed by atoms with van der Waals surface area (Å²) in [6.45, 7) is 8.92. The average Bonchev–Trinajstić information content (AvgIpc) is 2.92. The number of benzene rings is 1. The Morgan fingerprint density at radius 2 is 1.89 bits per heavy atom. The molecular weight excluding hydrogens is 360 g/mol. The minimum atomic E-state index is -0.236. The molecule has 1 aromatic heterocycles. The second-order valence-corrected chi connectivity index (χ2v) is 8.40. The van der Waals surface area contributed by atoms with Crippen molar-refractivity contribution in [2.24, 2.45) is 0 Å². The quantitative estimate of drug-likeness (QED) is 0.670. The Balaban J connectivity index is 2.02. The molecule has 1 amide bonds. The first-order valence-electron chi connectivity index (χ1n) is 9.44. The maximum Gasteiger partial charge on any atom is 0.275 e. The van der Waals surface area contributed by atoms with Crippen LogP contribution in [0.5, 0.6) is 0 Å². The molecule has 0 saturated carbocycles. The third-order valence-corrected chi connectivity index (χ3v) is 4.42. The topological polar surface area (TPSA) is 69.2 Å². The second-order valence-electron chi connectivity index (χ2n) is 8.03. The van der Waals surface area contributed by atoms with Crippen LogP contribution in [-0.2, 0) is 17.9 Å². The first kappa shape index (κ1) is 21.2. The Morgan fingerprint density at radius 3 is 2.48 bits per heavy atom. The summed E-state index contributed by atoms with van der Waals surface area (Å²) >= 11 is 5.52. The maximum absolute atomic E-state index is 12.1. The number of likely N-dealkylation sites (N-methyl/N-ethyl adjacent to an activating group) is 1. The fourth-order valence-electron chi connectivity index (χ4n) is 2.77. The van der Waals surface area contributed by atoms with Crippen LogP contribution in [0.25, 0.3) is 5.69 Å². The van der Waals surface area contributed by atoms with E-state index in [-0.39, 0.29) is 11.4 Å². The van der Waals surface area contributed by atoms with Gasteiger partial charge in [0, 0.05) is 5.54 Å². The third kappa shape index (κ3) is 6.55. The number of unbranched alkanes of at least 4 members (excludes halogenated alkanes) is 1. The van der Waals surface area contributed by atoms with Crippen LogP contribution in [0.4, 0.5) is 0 Å². The minimum absolute atomic E-state index is 0.00146. The molecule has 0 spiro atoms. The van der Waals surface area contributed by atoms with Gasteiger partial charge in [-0.2, -0.15) is 9.36 Å². The lowest BCUT2D eigenvalue weighted by molar-refractivity contribution is -0.895. The van der Waals surface area contributed by atoms with Gasteiger partial charge < -0.3 is 10.2 Å². The summed E-state index contributed by atoms with van der Waals surface area (Å²) in [6, 6.07) is 8.26. The number of rotatable bonds is 8. The molecule has 1 unspecified atom stereocenters. The zero-order chi connectivity index (χ0) is 20.0. The van der Waals surface area contributed by atoms with Crippen molar-refractivity contribution in [1.29, 1.82) is 0 Å². The molecule has 0 radical (unpaired) electrons. The van der Waals surface area contributed by atoms with Gasteiger partial charge in [-0.25, -0.2) is 0 Å². The highest BCUT2D eigenvalue weighted by Crippen LogP contribution is 2.11. The van der Waals surface area contributed by atoms with Gasteiger partial charge in [0.15, 0.2) is 13.2 Å². The van der Waals surface area contributed by atoms with Crippen molar-refractivity contribution in [3.8, 4) is 5.69 Å². The molecule has 0 aliphatic heterocycles. The smallest absolute Gasteiger partial charge is 0.275 e. The van der Waals surface area contributed by atoms with Crippen LogP contribution in [0.3, 0.4) is 0 Å². The Labute approximate surface area is 166 Å². The maximum atomic E-state index is 12.1. The van der Waals surface area contributed by atoms with E-state index in [1.165, 1.54) is 18.4 Å². The van der Waals surface area contributed by atoms with Gasteiger partial charge in [-0.3, -0.25) is 4.79 Å². The van der Waals surface area contributed by atoms with E-state index in [1.54, 1.807) is 9.36 Å². The first-order valence-corrected chi connectivity index (χ1v) is 9.85. The van der Waals surface area contributed by atoms with E-state index in [9.17, 15) is 4.79 Å². The number of quaternary nitrogens is 1. The van der Waals surface area contributed by atoms with Crippen LogP contribution in [0, 0.1) is 4.77 Å². The highest BCUT2D eigenvalue weighted by molar-refractivity contribution is 7.71. The van der Waals surface area contributed by atoms with E-state index in [1.807, 2.05) is 40.0 Å². The molecule has 0 aliphatic carbocycles. The van der Waals surface area contributed by atoms with E-state index in [0.717, 1.165) is 17.0 Å². The number of carbonyl (C=O) groups is 1. The Morgan fingerprint density at radius 1 is 1.22 bits per heavy atom. The Hall–Kier alpha value is -2.06. The van der Waals surface area contributed by atoms with Gasteiger partial charge in [0.25, 0.3) is 5.91 Å². The lowest BCUT2D eigenvalue weighted by atomic mass is 10.1. The highest BCUT2D eigenvalue weighted by atomic mass is 32.1. The number of amides is 1. The van der Waals surface area contributed by atoms with Crippen LogP contribution in [-0.4, -0.2) is 44.8 Å². The number of aromatic nitrogens is 4. The van der Waals surface area contributed by atoms with Gasteiger partial charge in [-0.1, -0.05) is 25.5 Å². The number of tetrazole rings is 1. The molecule has 1 heterocycles. The monoisotopic (exact) mass is 391 g/mol. The van der Waals surface area contributed by atoms with E-state index >= 15 is 0 Å². The summed E-state index contributed by atoms with van der Waals surface area (Å²) in [7, 11) is 1.94. The van der Waals surface area contributed by atoms with Crippen LogP contribution < -0.4 is 10.2 Å². The van der Waals surface area contributed by atoms with E-state index in [2.05, 4.69) is 34.8 Å². The average molecular weight is 392 g/mol.